The van der Waals surface area contributed by atoms with Crippen LogP contribution >= 0.6 is 0 Å². The Balaban J connectivity index is 2.36. The molecule has 3 rings (SSSR count). The van der Waals surface area contributed by atoms with Crippen LogP contribution < -0.4 is 0 Å². The fraction of sp³-hybridized carbons (Fsp3) is 0.727. The van der Waals surface area contributed by atoms with Gasteiger partial charge in [-0.25, -0.2) is 0 Å². The molecule has 0 spiro atoms. The molecule has 1 saturated carbocycles. The van der Waals surface area contributed by atoms with Gasteiger partial charge in [0.25, 0.3) is 0 Å². The van der Waals surface area contributed by atoms with Gasteiger partial charge in [-0.3, -0.25) is 4.79 Å². The molecule has 1 nitrogen and oxygen atoms in total. The monoisotopic (exact) mass is 164 g/mol. The summed E-state index contributed by atoms with van der Waals surface area (Å²) in [7, 11) is 0. The quantitative estimate of drug-likeness (QED) is 0.582. The Morgan fingerprint density at radius 1 is 1.50 bits per heavy atom. The van der Waals surface area contributed by atoms with Gasteiger partial charge in [0.1, 0.15) is 0 Å². The lowest BCUT2D eigenvalue weighted by Crippen LogP contribution is -2.52. The first-order valence-electron chi connectivity index (χ1n) is 4.81. The number of allylic oxidation sites excluding steroid dienone is 2. The maximum absolute atomic E-state index is 11.5. The largest absolute Gasteiger partial charge is 0.295 e. The van der Waals surface area contributed by atoms with Crippen molar-refractivity contribution in [2.75, 3.05) is 0 Å². The van der Waals surface area contributed by atoms with E-state index in [1.54, 1.807) is 0 Å². The highest BCUT2D eigenvalue weighted by atomic mass is 16.1. The summed E-state index contributed by atoms with van der Waals surface area (Å²) >= 11 is 0. The van der Waals surface area contributed by atoms with E-state index < -0.39 is 0 Å². The van der Waals surface area contributed by atoms with Gasteiger partial charge < -0.3 is 0 Å². The number of hydrogen-bond acceptors (Lipinski definition) is 1. The summed E-state index contributed by atoms with van der Waals surface area (Å²) in [6, 6.07) is 0. The molecule has 0 heterocycles. The molecular weight excluding hydrogens is 148 g/mol. The fourth-order valence-electron chi connectivity index (χ4n) is 2.77. The lowest BCUT2D eigenvalue weighted by atomic mass is 9.48. The summed E-state index contributed by atoms with van der Waals surface area (Å²) < 4.78 is 0. The van der Waals surface area contributed by atoms with Crippen LogP contribution in [0.3, 0.4) is 0 Å². The zero-order chi connectivity index (χ0) is 8.93. The highest BCUT2D eigenvalue weighted by molar-refractivity contribution is 5.95. The van der Waals surface area contributed by atoms with Gasteiger partial charge in [0.2, 0.25) is 0 Å². The van der Waals surface area contributed by atoms with Crippen LogP contribution in [0.1, 0.15) is 33.6 Å². The molecular formula is C11H16O. The predicted molar refractivity (Wildman–Crippen MR) is 48.8 cm³/mol. The maximum Gasteiger partial charge on any atom is 0.159 e. The minimum Gasteiger partial charge on any atom is -0.295 e. The summed E-state index contributed by atoms with van der Waals surface area (Å²) in [5.41, 5.74) is 1.64. The molecule has 0 saturated heterocycles. The molecule has 3 aliphatic carbocycles. The van der Waals surface area contributed by atoms with Gasteiger partial charge in [-0.1, -0.05) is 26.3 Å². The van der Waals surface area contributed by atoms with Gasteiger partial charge in [-0.2, -0.15) is 0 Å². The van der Waals surface area contributed by atoms with Crippen LogP contribution in [0.15, 0.2) is 11.6 Å². The van der Waals surface area contributed by atoms with Gasteiger partial charge in [-0.05, 0) is 30.3 Å². The molecule has 1 unspecified atom stereocenters. The fourth-order valence-corrected chi connectivity index (χ4v) is 2.77. The first-order chi connectivity index (χ1) is 5.57. The van der Waals surface area contributed by atoms with Crippen molar-refractivity contribution in [2.24, 2.45) is 17.3 Å². The second-order valence-corrected chi connectivity index (χ2v) is 4.64. The molecule has 0 aromatic rings. The smallest absolute Gasteiger partial charge is 0.159 e. The van der Waals surface area contributed by atoms with E-state index in [1.165, 1.54) is 5.57 Å². The summed E-state index contributed by atoms with van der Waals surface area (Å²) in [4.78, 5) is 11.5. The second kappa shape index (κ2) is 2.21. The van der Waals surface area contributed by atoms with E-state index in [4.69, 9.17) is 0 Å². The molecule has 0 amide bonds. The van der Waals surface area contributed by atoms with Crippen molar-refractivity contribution in [3.05, 3.63) is 11.6 Å². The third-order valence-corrected chi connectivity index (χ3v) is 3.79. The molecule has 1 heteroatoms. The van der Waals surface area contributed by atoms with Gasteiger partial charge in [0, 0.05) is 5.92 Å². The summed E-state index contributed by atoms with van der Waals surface area (Å²) in [6.07, 6.45) is 4.06. The number of fused-ring (bicyclic) bond motifs is 1. The number of carbonyl (C=O) groups is 1. The average Bonchev–Trinajstić information content (AvgIpc) is 2.02. The summed E-state index contributed by atoms with van der Waals surface area (Å²) in [5, 5.41) is 0. The minimum atomic E-state index is 0.261. The van der Waals surface area contributed by atoms with Crippen LogP contribution in [0.4, 0.5) is 0 Å². The van der Waals surface area contributed by atoms with Gasteiger partial charge in [0.05, 0.1) is 0 Å². The van der Waals surface area contributed by atoms with E-state index in [2.05, 4.69) is 20.8 Å². The van der Waals surface area contributed by atoms with E-state index in [1.807, 2.05) is 6.08 Å². The summed E-state index contributed by atoms with van der Waals surface area (Å²) in [5.74, 6) is 1.40. The van der Waals surface area contributed by atoms with Crippen LogP contribution in [0, 0.1) is 17.3 Å². The number of carbonyl (C=O) groups excluding carboxylic acids is 1. The Bertz CT molecular complexity index is 260. The Kier molecular flexibility index (Phi) is 1.48. The van der Waals surface area contributed by atoms with E-state index in [-0.39, 0.29) is 5.41 Å². The molecule has 2 bridgehead atoms. The molecule has 3 aliphatic rings. The molecule has 0 N–H and O–H groups in total. The van der Waals surface area contributed by atoms with Crippen molar-refractivity contribution in [3.8, 4) is 0 Å². The highest BCUT2D eigenvalue weighted by Crippen LogP contribution is 2.58. The Hall–Kier alpha value is -0.590. The van der Waals surface area contributed by atoms with Crippen LogP contribution in [0.5, 0.6) is 0 Å². The van der Waals surface area contributed by atoms with Crippen molar-refractivity contribution in [1.29, 1.82) is 0 Å². The Morgan fingerprint density at radius 2 is 2.17 bits per heavy atom. The first kappa shape index (κ1) is 8.03. The Labute approximate surface area is 73.8 Å². The maximum atomic E-state index is 11.5. The second-order valence-electron chi connectivity index (χ2n) is 4.64. The standard InChI is InChI=1S/C11H16O/c1-4-7-5-10(12)9-6-8(7)11(9,2)3/h5,8-9H,4,6H2,1-3H3/t8-,9?/m1/s1. The first-order valence-corrected chi connectivity index (χ1v) is 4.81. The molecule has 0 aromatic carbocycles. The normalized spacial score (nSPS) is 37.2. The SMILES string of the molecule is CCC1=CC(=O)C2C[C@H]1C2(C)C. The lowest BCUT2D eigenvalue weighted by molar-refractivity contribution is -0.134. The van der Waals surface area contributed by atoms with Crippen LogP contribution in [-0.4, -0.2) is 5.78 Å². The molecule has 12 heavy (non-hydrogen) atoms. The van der Waals surface area contributed by atoms with E-state index in [0.717, 1.165) is 12.8 Å². The highest BCUT2D eigenvalue weighted by Gasteiger charge is 2.54. The van der Waals surface area contributed by atoms with Gasteiger partial charge >= 0.3 is 0 Å². The minimum absolute atomic E-state index is 0.261. The predicted octanol–water partition coefficient (Wildman–Crippen LogP) is 2.57. The zero-order valence-corrected chi connectivity index (χ0v) is 8.05. The number of rotatable bonds is 1. The molecule has 0 radical (unpaired) electrons. The third kappa shape index (κ3) is 0.769. The van der Waals surface area contributed by atoms with E-state index in [9.17, 15) is 4.79 Å². The van der Waals surface area contributed by atoms with Gasteiger partial charge in [0.15, 0.2) is 5.78 Å². The third-order valence-electron chi connectivity index (χ3n) is 3.79. The van der Waals surface area contributed by atoms with Crippen molar-refractivity contribution in [2.45, 2.75) is 33.6 Å². The van der Waals surface area contributed by atoms with Crippen molar-refractivity contribution in [3.63, 3.8) is 0 Å². The van der Waals surface area contributed by atoms with Crippen molar-refractivity contribution < 1.29 is 4.79 Å². The molecule has 2 atom stereocenters. The zero-order valence-electron chi connectivity index (χ0n) is 8.05. The van der Waals surface area contributed by atoms with Crippen LogP contribution in [0.2, 0.25) is 0 Å². The molecule has 0 aromatic heterocycles. The van der Waals surface area contributed by atoms with Gasteiger partial charge in [-0.15, -0.1) is 0 Å². The van der Waals surface area contributed by atoms with E-state index >= 15 is 0 Å². The molecule has 0 aliphatic heterocycles. The topological polar surface area (TPSA) is 17.1 Å². The average molecular weight is 164 g/mol. The van der Waals surface area contributed by atoms with Crippen molar-refractivity contribution >= 4 is 5.78 Å². The van der Waals surface area contributed by atoms with Crippen LogP contribution in [-0.2, 0) is 4.79 Å². The number of ketones is 1. The van der Waals surface area contributed by atoms with Crippen LogP contribution in [0.25, 0.3) is 0 Å². The van der Waals surface area contributed by atoms with E-state index in [0.29, 0.717) is 17.6 Å². The summed E-state index contributed by atoms with van der Waals surface area (Å²) in [6.45, 7) is 6.60. The number of hydrogen-bond donors (Lipinski definition) is 0. The molecule has 66 valence electrons. The molecule has 1 fully saturated rings. The lowest BCUT2D eigenvalue weighted by Gasteiger charge is -2.55. The Morgan fingerprint density at radius 3 is 2.58 bits per heavy atom. The van der Waals surface area contributed by atoms with Crippen molar-refractivity contribution in [1.82, 2.24) is 0 Å².